The second-order valence-electron chi connectivity index (χ2n) is 4.64. The molecule has 1 aromatic carbocycles. The average molecular weight is 277 g/mol. The molecule has 0 unspecified atom stereocenters. The quantitative estimate of drug-likeness (QED) is 0.856. The summed E-state index contributed by atoms with van der Waals surface area (Å²) >= 11 is 0. The van der Waals surface area contributed by atoms with Crippen LogP contribution in [0.2, 0.25) is 0 Å². The highest BCUT2D eigenvalue weighted by Crippen LogP contribution is 2.33. The van der Waals surface area contributed by atoms with Gasteiger partial charge in [-0.05, 0) is 50.0 Å². The summed E-state index contributed by atoms with van der Waals surface area (Å²) in [7, 11) is 0. The van der Waals surface area contributed by atoms with Gasteiger partial charge in [-0.3, -0.25) is 0 Å². The molecule has 1 fully saturated rings. The SMILES string of the molecule is Fc1ccc(OCC2CCNCC2)cc1C(F)(F)F. The van der Waals surface area contributed by atoms with Gasteiger partial charge in [0.2, 0.25) is 0 Å². The molecule has 0 atom stereocenters. The van der Waals surface area contributed by atoms with Gasteiger partial charge in [-0.2, -0.15) is 13.2 Å². The molecule has 0 aromatic heterocycles. The number of hydrogen-bond donors (Lipinski definition) is 1. The zero-order valence-corrected chi connectivity index (χ0v) is 10.3. The Balaban J connectivity index is 2.00. The standard InChI is InChI=1S/C13H15F4NO/c14-12-2-1-10(7-11(12)13(15,16)17)19-8-9-3-5-18-6-4-9/h1-2,7,9,18H,3-6,8H2. The largest absolute Gasteiger partial charge is 0.493 e. The third-order valence-corrected chi connectivity index (χ3v) is 3.19. The van der Waals surface area contributed by atoms with E-state index in [-0.39, 0.29) is 5.75 Å². The second-order valence-corrected chi connectivity index (χ2v) is 4.64. The molecule has 1 aliphatic heterocycles. The molecule has 0 aliphatic carbocycles. The van der Waals surface area contributed by atoms with Crippen LogP contribution in [0.5, 0.6) is 5.75 Å². The van der Waals surface area contributed by atoms with Crippen molar-refractivity contribution in [3.63, 3.8) is 0 Å². The number of ether oxygens (including phenoxy) is 1. The van der Waals surface area contributed by atoms with E-state index in [0.29, 0.717) is 12.5 Å². The molecule has 1 N–H and O–H groups in total. The minimum absolute atomic E-state index is 0.0623. The van der Waals surface area contributed by atoms with Crippen molar-refractivity contribution in [1.29, 1.82) is 0 Å². The number of nitrogens with one attached hydrogen (secondary N) is 1. The molecule has 1 aromatic rings. The molecule has 0 bridgehead atoms. The summed E-state index contributed by atoms with van der Waals surface area (Å²) in [5.74, 6) is -0.880. The third-order valence-electron chi connectivity index (χ3n) is 3.19. The van der Waals surface area contributed by atoms with E-state index in [1.54, 1.807) is 0 Å². The molecule has 1 aliphatic rings. The minimum atomic E-state index is -4.70. The number of piperidine rings is 1. The number of halogens is 4. The van der Waals surface area contributed by atoms with Crippen LogP contribution in [-0.4, -0.2) is 19.7 Å². The Kier molecular flexibility index (Phi) is 4.29. The lowest BCUT2D eigenvalue weighted by Gasteiger charge is -2.22. The molecule has 106 valence electrons. The van der Waals surface area contributed by atoms with Gasteiger partial charge in [0.05, 0.1) is 12.2 Å². The van der Waals surface area contributed by atoms with E-state index >= 15 is 0 Å². The summed E-state index contributed by atoms with van der Waals surface area (Å²) in [6.07, 6.45) is -2.82. The maximum Gasteiger partial charge on any atom is 0.419 e. The van der Waals surface area contributed by atoms with Crippen LogP contribution in [0.1, 0.15) is 18.4 Å². The first-order chi connectivity index (χ1) is 8.97. The first-order valence-electron chi connectivity index (χ1n) is 6.17. The number of alkyl halides is 3. The molecule has 0 amide bonds. The lowest BCUT2D eigenvalue weighted by atomic mass is 9.99. The molecule has 2 rings (SSSR count). The molecule has 1 saturated heterocycles. The zero-order valence-electron chi connectivity index (χ0n) is 10.3. The highest BCUT2D eigenvalue weighted by molar-refractivity contribution is 5.31. The van der Waals surface area contributed by atoms with Crippen LogP contribution in [0.4, 0.5) is 17.6 Å². The van der Waals surface area contributed by atoms with Gasteiger partial charge >= 0.3 is 6.18 Å². The predicted octanol–water partition coefficient (Wildman–Crippen LogP) is 3.22. The van der Waals surface area contributed by atoms with E-state index in [9.17, 15) is 17.6 Å². The summed E-state index contributed by atoms with van der Waals surface area (Å²) in [6, 6.07) is 2.74. The molecule has 6 heteroatoms. The fourth-order valence-corrected chi connectivity index (χ4v) is 2.07. The lowest BCUT2D eigenvalue weighted by molar-refractivity contribution is -0.140. The van der Waals surface area contributed by atoms with Crippen LogP contribution in [0.15, 0.2) is 18.2 Å². The summed E-state index contributed by atoms with van der Waals surface area (Å²) < 4.78 is 56.0. The Morgan fingerprint density at radius 1 is 1.21 bits per heavy atom. The smallest absolute Gasteiger partial charge is 0.419 e. The van der Waals surface area contributed by atoms with Crippen molar-refractivity contribution in [3.05, 3.63) is 29.6 Å². The monoisotopic (exact) mass is 277 g/mol. The van der Waals surface area contributed by atoms with E-state index in [1.165, 1.54) is 6.07 Å². The Labute approximate surface area is 108 Å². The normalized spacial score (nSPS) is 17.5. The van der Waals surface area contributed by atoms with Gasteiger partial charge in [-0.1, -0.05) is 0 Å². The summed E-state index contributed by atoms with van der Waals surface area (Å²) in [5.41, 5.74) is -1.28. The maximum atomic E-state index is 13.1. The van der Waals surface area contributed by atoms with Crippen molar-refractivity contribution in [2.75, 3.05) is 19.7 Å². The number of benzene rings is 1. The van der Waals surface area contributed by atoms with Crippen molar-refractivity contribution < 1.29 is 22.3 Å². The lowest BCUT2D eigenvalue weighted by Crippen LogP contribution is -2.30. The van der Waals surface area contributed by atoms with E-state index < -0.39 is 17.6 Å². The molecule has 0 spiro atoms. The molecule has 0 saturated carbocycles. The summed E-state index contributed by atoms with van der Waals surface area (Å²) in [5, 5.41) is 3.20. The van der Waals surface area contributed by atoms with Crippen LogP contribution in [0, 0.1) is 11.7 Å². The number of hydrogen-bond acceptors (Lipinski definition) is 2. The Hall–Kier alpha value is -1.30. The van der Waals surface area contributed by atoms with E-state index in [1.807, 2.05) is 0 Å². The van der Waals surface area contributed by atoms with Crippen LogP contribution in [-0.2, 0) is 6.18 Å². The molecule has 2 nitrogen and oxygen atoms in total. The van der Waals surface area contributed by atoms with Crippen molar-refractivity contribution in [2.45, 2.75) is 19.0 Å². The van der Waals surface area contributed by atoms with Crippen LogP contribution in [0.25, 0.3) is 0 Å². The fourth-order valence-electron chi connectivity index (χ4n) is 2.07. The van der Waals surface area contributed by atoms with Crippen LogP contribution in [0.3, 0.4) is 0 Å². The van der Waals surface area contributed by atoms with Gasteiger partial charge in [-0.15, -0.1) is 0 Å². The maximum absolute atomic E-state index is 13.1. The van der Waals surface area contributed by atoms with Gasteiger partial charge in [0.25, 0.3) is 0 Å². The van der Waals surface area contributed by atoms with Gasteiger partial charge in [0.1, 0.15) is 11.6 Å². The Morgan fingerprint density at radius 3 is 2.53 bits per heavy atom. The number of rotatable bonds is 3. The van der Waals surface area contributed by atoms with Crippen LogP contribution >= 0.6 is 0 Å². The molecular weight excluding hydrogens is 262 g/mol. The van der Waals surface area contributed by atoms with E-state index in [4.69, 9.17) is 4.74 Å². The van der Waals surface area contributed by atoms with Crippen molar-refractivity contribution >= 4 is 0 Å². The van der Waals surface area contributed by atoms with Gasteiger partial charge in [0.15, 0.2) is 0 Å². The summed E-state index contributed by atoms with van der Waals surface area (Å²) in [6.45, 7) is 2.15. The first-order valence-corrected chi connectivity index (χ1v) is 6.17. The van der Waals surface area contributed by atoms with Crippen molar-refractivity contribution in [2.24, 2.45) is 5.92 Å². The molecule has 1 heterocycles. The van der Waals surface area contributed by atoms with Gasteiger partial charge in [0, 0.05) is 0 Å². The highest BCUT2D eigenvalue weighted by atomic mass is 19.4. The predicted molar refractivity (Wildman–Crippen MR) is 62.5 cm³/mol. The Morgan fingerprint density at radius 2 is 1.89 bits per heavy atom. The highest BCUT2D eigenvalue weighted by Gasteiger charge is 2.34. The van der Waals surface area contributed by atoms with E-state index in [0.717, 1.165) is 38.1 Å². The van der Waals surface area contributed by atoms with Gasteiger partial charge in [-0.25, -0.2) is 4.39 Å². The van der Waals surface area contributed by atoms with Crippen molar-refractivity contribution in [1.82, 2.24) is 5.32 Å². The summed E-state index contributed by atoms with van der Waals surface area (Å²) in [4.78, 5) is 0. The zero-order chi connectivity index (χ0) is 13.9. The van der Waals surface area contributed by atoms with Crippen LogP contribution < -0.4 is 10.1 Å². The molecule has 19 heavy (non-hydrogen) atoms. The average Bonchev–Trinajstić information content (AvgIpc) is 2.37. The minimum Gasteiger partial charge on any atom is -0.493 e. The molecule has 0 radical (unpaired) electrons. The fraction of sp³-hybridized carbons (Fsp3) is 0.538. The topological polar surface area (TPSA) is 21.3 Å². The third kappa shape index (κ3) is 3.83. The van der Waals surface area contributed by atoms with Crippen molar-refractivity contribution in [3.8, 4) is 5.75 Å². The van der Waals surface area contributed by atoms with Gasteiger partial charge < -0.3 is 10.1 Å². The second kappa shape index (κ2) is 5.77. The Bertz CT molecular complexity index is 427. The van der Waals surface area contributed by atoms with E-state index in [2.05, 4.69) is 5.32 Å². The first kappa shape index (κ1) is 14.1. The molecular formula is C13H15F4NO.